The van der Waals surface area contributed by atoms with Crippen molar-refractivity contribution in [1.29, 1.82) is 0 Å². The normalized spacial score (nSPS) is 10.7. The highest BCUT2D eigenvalue weighted by atomic mass is 15.5. The Hall–Kier alpha value is -2.70. The molecule has 7 nitrogen and oxygen atoms in total. The zero-order valence-corrected chi connectivity index (χ0v) is 11.4. The molecule has 0 atom stereocenters. The van der Waals surface area contributed by atoms with E-state index in [9.17, 15) is 0 Å². The topological polar surface area (TPSA) is 73.5 Å². The summed E-state index contributed by atoms with van der Waals surface area (Å²) in [5.41, 5.74) is 1.98. The summed E-state index contributed by atoms with van der Waals surface area (Å²) >= 11 is 0. The van der Waals surface area contributed by atoms with Crippen LogP contribution in [0, 0.1) is 0 Å². The quantitative estimate of drug-likeness (QED) is 0.771. The van der Waals surface area contributed by atoms with Crippen LogP contribution in [0.5, 0.6) is 0 Å². The van der Waals surface area contributed by atoms with Crippen LogP contribution >= 0.6 is 0 Å². The van der Waals surface area contributed by atoms with Gasteiger partial charge in [-0.3, -0.25) is 0 Å². The highest BCUT2D eigenvalue weighted by molar-refractivity contribution is 5.62. The van der Waals surface area contributed by atoms with Gasteiger partial charge in [0.15, 0.2) is 5.82 Å². The van der Waals surface area contributed by atoms with Crippen molar-refractivity contribution in [2.24, 2.45) is 14.1 Å². The first-order valence-electron chi connectivity index (χ1n) is 6.27. The van der Waals surface area contributed by atoms with Gasteiger partial charge in [0.1, 0.15) is 5.82 Å². The number of nitrogens with zero attached hydrogens (tertiary/aromatic N) is 6. The molecule has 0 spiro atoms. The van der Waals surface area contributed by atoms with E-state index in [2.05, 4.69) is 25.8 Å². The van der Waals surface area contributed by atoms with Crippen LogP contribution in [0.1, 0.15) is 5.82 Å². The van der Waals surface area contributed by atoms with E-state index in [1.165, 1.54) is 0 Å². The molecule has 0 saturated carbocycles. The summed E-state index contributed by atoms with van der Waals surface area (Å²) in [5, 5.41) is 14.9. The first-order chi connectivity index (χ1) is 9.74. The molecule has 20 heavy (non-hydrogen) atoms. The van der Waals surface area contributed by atoms with Gasteiger partial charge >= 0.3 is 0 Å². The zero-order chi connectivity index (χ0) is 13.9. The van der Waals surface area contributed by atoms with Gasteiger partial charge in [-0.2, -0.15) is 0 Å². The van der Waals surface area contributed by atoms with Gasteiger partial charge in [-0.15, -0.1) is 5.10 Å². The van der Waals surface area contributed by atoms with Crippen molar-refractivity contribution in [3.63, 3.8) is 0 Å². The fraction of sp³-hybridized carbons (Fsp3) is 0.231. The fourth-order valence-corrected chi connectivity index (χ4v) is 1.99. The van der Waals surface area contributed by atoms with E-state index in [0.717, 1.165) is 22.9 Å². The molecule has 0 saturated heterocycles. The molecule has 7 heteroatoms. The molecule has 0 fully saturated rings. The summed E-state index contributed by atoms with van der Waals surface area (Å²) in [6.07, 6.45) is 3.72. The predicted octanol–water partition coefficient (Wildman–Crippen LogP) is 1.22. The van der Waals surface area contributed by atoms with Gasteiger partial charge in [0, 0.05) is 37.7 Å². The van der Waals surface area contributed by atoms with Crippen LogP contribution in [0.15, 0.2) is 36.7 Å². The third-order valence-electron chi connectivity index (χ3n) is 3.11. The van der Waals surface area contributed by atoms with Gasteiger partial charge in [0.05, 0.1) is 6.54 Å². The molecule has 2 heterocycles. The van der Waals surface area contributed by atoms with Gasteiger partial charge < -0.3 is 9.88 Å². The number of rotatable bonds is 4. The molecule has 1 N–H and O–H groups in total. The van der Waals surface area contributed by atoms with Crippen molar-refractivity contribution in [3.05, 3.63) is 42.5 Å². The maximum Gasteiger partial charge on any atom is 0.181 e. The van der Waals surface area contributed by atoms with Gasteiger partial charge in [-0.05, 0) is 22.6 Å². The van der Waals surface area contributed by atoms with E-state index in [1.807, 2.05) is 49.1 Å². The minimum absolute atomic E-state index is 0.671. The highest BCUT2D eigenvalue weighted by Gasteiger charge is 2.06. The lowest BCUT2D eigenvalue weighted by molar-refractivity contribution is 0.714. The summed E-state index contributed by atoms with van der Waals surface area (Å²) in [6.45, 7) is 0.671. The second-order valence-corrected chi connectivity index (χ2v) is 4.51. The summed E-state index contributed by atoms with van der Waals surface area (Å²) in [6, 6.07) is 7.99. The Labute approximate surface area is 116 Å². The monoisotopic (exact) mass is 269 g/mol. The molecule has 0 aliphatic heterocycles. The van der Waals surface area contributed by atoms with E-state index < -0.39 is 0 Å². The number of benzene rings is 1. The molecular formula is C13H15N7. The zero-order valence-electron chi connectivity index (χ0n) is 11.4. The molecule has 1 aromatic carbocycles. The van der Waals surface area contributed by atoms with Gasteiger partial charge in [-0.25, -0.2) is 9.67 Å². The summed E-state index contributed by atoms with van der Waals surface area (Å²) in [7, 11) is 3.80. The first-order valence-corrected chi connectivity index (χ1v) is 6.27. The molecule has 3 aromatic rings. The average molecular weight is 269 g/mol. The molecule has 0 amide bonds. The van der Waals surface area contributed by atoms with Crippen molar-refractivity contribution in [2.45, 2.75) is 6.54 Å². The van der Waals surface area contributed by atoms with Gasteiger partial charge in [-0.1, -0.05) is 12.1 Å². The van der Waals surface area contributed by atoms with Crippen LogP contribution in [-0.2, 0) is 20.6 Å². The second kappa shape index (κ2) is 5.12. The maximum absolute atomic E-state index is 4.28. The largest absolute Gasteiger partial charge is 0.378 e. The Morgan fingerprint density at radius 2 is 2.15 bits per heavy atom. The number of aromatic nitrogens is 6. The van der Waals surface area contributed by atoms with E-state index in [4.69, 9.17) is 0 Å². The van der Waals surface area contributed by atoms with Crippen LogP contribution in [-0.4, -0.2) is 29.8 Å². The molecule has 0 radical (unpaired) electrons. The Morgan fingerprint density at radius 1 is 1.25 bits per heavy atom. The molecule has 0 aliphatic carbocycles. The van der Waals surface area contributed by atoms with Crippen LogP contribution in [0.3, 0.4) is 0 Å². The van der Waals surface area contributed by atoms with E-state index >= 15 is 0 Å². The lowest BCUT2D eigenvalue weighted by Crippen LogP contribution is -2.05. The number of imidazole rings is 1. The molecule has 2 aromatic heterocycles. The lowest BCUT2D eigenvalue weighted by Gasteiger charge is -2.08. The first kappa shape index (κ1) is 12.3. The molecule has 0 unspecified atom stereocenters. The predicted molar refractivity (Wildman–Crippen MR) is 74.8 cm³/mol. The number of hydrogen-bond acceptors (Lipinski definition) is 5. The van der Waals surface area contributed by atoms with Crippen molar-refractivity contribution < 1.29 is 0 Å². The number of hydrogen-bond donors (Lipinski definition) is 1. The highest BCUT2D eigenvalue weighted by Crippen LogP contribution is 2.19. The molecule has 3 rings (SSSR count). The Morgan fingerprint density at radius 3 is 2.85 bits per heavy atom. The third-order valence-corrected chi connectivity index (χ3v) is 3.11. The number of anilines is 1. The number of tetrazole rings is 1. The minimum Gasteiger partial charge on any atom is -0.378 e. The Bertz CT molecular complexity index is 713. The second-order valence-electron chi connectivity index (χ2n) is 4.51. The molecule has 0 bridgehead atoms. The van der Waals surface area contributed by atoms with E-state index in [0.29, 0.717) is 6.54 Å². The van der Waals surface area contributed by atoms with Gasteiger partial charge in [0.25, 0.3) is 0 Å². The molecule has 0 aliphatic rings. The maximum atomic E-state index is 4.28. The van der Waals surface area contributed by atoms with E-state index in [-0.39, 0.29) is 0 Å². The fourth-order valence-electron chi connectivity index (χ4n) is 1.99. The average Bonchev–Trinajstić information content (AvgIpc) is 3.05. The van der Waals surface area contributed by atoms with Gasteiger partial charge in [0.2, 0.25) is 0 Å². The smallest absolute Gasteiger partial charge is 0.181 e. The van der Waals surface area contributed by atoms with Crippen LogP contribution < -0.4 is 5.32 Å². The van der Waals surface area contributed by atoms with Crippen molar-refractivity contribution in [3.8, 4) is 11.4 Å². The van der Waals surface area contributed by atoms with Crippen molar-refractivity contribution >= 4 is 5.69 Å². The number of aryl methyl sites for hydroxylation is 2. The van der Waals surface area contributed by atoms with Crippen LogP contribution in [0.4, 0.5) is 5.69 Å². The van der Waals surface area contributed by atoms with Crippen LogP contribution in [0.25, 0.3) is 11.4 Å². The lowest BCUT2D eigenvalue weighted by atomic mass is 10.2. The third kappa shape index (κ3) is 2.37. The summed E-state index contributed by atoms with van der Waals surface area (Å²) in [4.78, 5) is 4.28. The van der Waals surface area contributed by atoms with Crippen molar-refractivity contribution in [1.82, 2.24) is 29.8 Å². The number of nitrogens with one attached hydrogen (secondary N) is 1. The Kier molecular flexibility index (Phi) is 3.16. The van der Waals surface area contributed by atoms with Crippen LogP contribution in [0.2, 0.25) is 0 Å². The van der Waals surface area contributed by atoms with Crippen molar-refractivity contribution in [2.75, 3.05) is 5.32 Å². The Balaban J connectivity index is 1.78. The minimum atomic E-state index is 0.671. The summed E-state index contributed by atoms with van der Waals surface area (Å²) < 4.78 is 3.64. The van der Waals surface area contributed by atoms with E-state index in [1.54, 1.807) is 10.9 Å². The molecular weight excluding hydrogens is 254 g/mol. The SMILES string of the molecule is Cn1ccnc1CNc1cccc(-c2nnnn2C)c1. The standard InChI is InChI=1S/C13H15N7/c1-19-7-6-14-12(19)9-15-11-5-3-4-10(8-11)13-16-17-18-20(13)2/h3-8,15H,9H2,1-2H3. The molecule has 102 valence electrons. The summed E-state index contributed by atoms with van der Waals surface area (Å²) in [5.74, 6) is 1.72.